The number of methoxy groups -OCH3 is 1. The van der Waals surface area contributed by atoms with Crippen LogP contribution in [0, 0.1) is 5.92 Å². The Bertz CT molecular complexity index is 969. The maximum atomic E-state index is 12.9. The van der Waals surface area contributed by atoms with E-state index >= 15 is 0 Å². The number of carbonyl (C=O) groups excluding carboxylic acids is 1. The molecular weight excluding hydrogens is 456 g/mol. The third-order valence-corrected chi connectivity index (χ3v) is 7.09. The molecule has 1 saturated carbocycles. The summed E-state index contributed by atoms with van der Waals surface area (Å²) in [7, 11) is -2.54. The van der Waals surface area contributed by atoms with Gasteiger partial charge in [-0.2, -0.15) is 0 Å². The molecule has 1 fully saturated rings. The lowest BCUT2D eigenvalue weighted by Crippen LogP contribution is -2.37. The van der Waals surface area contributed by atoms with Gasteiger partial charge in [-0.1, -0.05) is 22.9 Å². The fraction of sp³-hybridized carbons (Fsp3) is 0.381. The molecule has 0 saturated heterocycles. The van der Waals surface area contributed by atoms with Gasteiger partial charge in [-0.3, -0.25) is 9.52 Å². The number of benzene rings is 2. The summed E-state index contributed by atoms with van der Waals surface area (Å²) in [6.07, 6.45) is 4.06. The monoisotopic (exact) mass is 480 g/mol. The molecule has 0 aromatic heterocycles. The van der Waals surface area contributed by atoms with Gasteiger partial charge < -0.3 is 10.1 Å². The molecule has 0 heterocycles. The fourth-order valence-electron chi connectivity index (χ4n) is 3.43. The zero-order chi connectivity index (χ0) is 21.0. The third-order valence-electron chi connectivity index (χ3n) is 5.16. The summed E-state index contributed by atoms with van der Waals surface area (Å²) in [5.74, 6) is 0.593. The van der Waals surface area contributed by atoms with E-state index in [-0.39, 0.29) is 22.6 Å². The number of carbonyl (C=O) groups is 1. The summed E-state index contributed by atoms with van der Waals surface area (Å²) < 4.78 is 34.5. The lowest BCUT2D eigenvalue weighted by molar-refractivity contribution is 0.0922. The average molecular weight is 481 g/mol. The molecule has 0 spiro atoms. The highest BCUT2D eigenvalue weighted by molar-refractivity contribution is 9.10. The molecule has 2 N–H and O–H groups in total. The number of rotatable bonds is 6. The van der Waals surface area contributed by atoms with Crippen molar-refractivity contribution in [1.82, 2.24) is 5.32 Å². The highest BCUT2D eigenvalue weighted by Crippen LogP contribution is 2.28. The lowest BCUT2D eigenvalue weighted by atomic mass is 9.87. The van der Waals surface area contributed by atoms with Crippen LogP contribution in [0.4, 0.5) is 5.69 Å². The molecule has 29 heavy (non-hydrogen) atoms. The van der Waals surface area contributed by atoms with Gasteiger partial charge in [0, 0.05) is 21.8 Å². The summed E-state index contributed by atoms with van der Waals surface area (Å²) in [5.41, 5.74) is 0.710. The smallest absolute Gasteiger partial charge is 0.265 e. The molecule has 2 aromatic rings. The number of sulfonamides is 1. The molecule has 8 heteroatoms. The second-order valence-corrected chi connectivity index (χ2v) is 9.97. The van der Waals surface area contributed by atoms with Crippen molar-refractivity contribution in [3.8, 4) is 5.75 Å². The van der Waals surface area contributed by atoms with Gasteiger partial charge in [0.15, 0.2) is 0 Å². The van der Waals surface area contributed by atoms with Gasteiger partial charge in [0.05, 0.1) is 7.11 Å². The number of nitrogens with one attached hydrogen (secondary N) is 2. The first-order chi connectivity index (χ1) is 13.8. The van der Waals surface area contributed by atoms with E-state index in [4.69, 9.17) is 4.74 Å². The fourth-order valence-corrected chi connectivity index (χ4v) is 4.95. The molecule has 1 aliphatic rings. The Balaban J connectivity index is 1.82. The second kappa shape index (κ2) is 9.17. The summed E-state index contributed by atoms with van der Waals surface area (Å²) in [6, 6.07) is 11.4. The molecule has 2 aromatic carbocycles. The van der Waals surface area contributed by atoms with Crippen molar-refractivity contribution in [2.75, 3.05) is 11.8 Å². The van der Waals surface area contributed by atoms with Crippen molar-refractivity contribution in [2.45, 2.75) is 43.5 Å². The van der Waals surface area contributed by atoms with Crippen LogP contribution in [0.1, 0.15) is 43.0 Å². The van der Waals surface area contributed by atoms with Crippen molar-refractivity contribution in [1.29, 1.82) is 0 Å². The van der Waals surface area contributed by atoms with Crippen molar-refractivity contribution < 1.29 is 17.9 Å². The van der Waals surface area contributed by atoms with Gasteiger partial charge >= 0.3 is 0 Å². The van der Waals surface area contributed by atoms with Crippen LogP contribution in [0.15, 0.2) is 51.8 Å². The summed E-state index contributed by atoms with van der Waals surface area (Å²) in [6.45, 7) is 2.22. The number of anilines is 1. The van der Waals surface area contributed by atoms with Gasteiger partial charge in [0.25, 0.3) is 15.9 Å². The van der Waals surface area contributed by atoms with E-state index in [1.165, 1.54) is 19.2 Å². The van der Waals surface area contributed by atoms with Crippen LogP contribution in [0.3, 0.4) is 0 Å². The highest BCUT2D eigenvalue weighted by atomic mass is 79.9. The molecule has 0 aliphatic heterocycles. The van der Waals surface area contributed by atoms with E-state index in [0.29, 0.717) is 17.2 Å². The number of hydrogen-bond acceptors (Lipinski definition) is 4. The molecule has 1 amide bonds. The molecule has 1 aliphatic carbocycles. The molecule has 3 rings (SSSR count). The molecular formula is C21H25BrN2O4S. The Morgan fingerprint density at radius 3 is 2.34 bits per heavy atom. The van der Waals surface area contributed by atoms with Crippen LogP contribution in [0.25, 0.3) is 0 Å². The maximum Gasteiger partial charge on any atom is 0.265 e. The molecule has 0 bridgehead atoms. The number of halogens is 1. The van der Waals surface area contributed by atoms with E-state index in [2.05, 4.69) is 32.9 Å². The minimum atomic E-state index is -3.94. The topological polar surface area (TPSA) is 84.5 Å². The quantitative estimate of drug-likeness (QED) is 0.633. The van der Waals surface area contributed by atoms with Gasteiger partial charge in [0.2, 0.25) is 0 Å². The van der Waals surface area contributed by atoms with E-state index < -0.39 is 10.0 Å². The minimum Gasteiger partial charge on any atom is -0.495 e. The van der Waals surface area contributed by atoms with Crippen LogP contribution in [0.5, 0.6) is 5.75 Å². The largest absolute Gasteiger partial charge is 0.495 e. The van der Waals surface area contributed by atoms with Crippen LogP contribution < -0.4 is 14.8 Å². The molecule has 0 unspecified atom stereocenters. The second-order valence-electron chi connectivity index (χ2n) is 7.41. The van der Waals surface area contributed by atoms with Crippen molar-refractivity contribution >= 4 is 37.5 Å². The molecule has 6 nitrogen and oxygen atoms in total. The first-order valence-electron chi connectivity index (χ1n) is 9.56. The van der Waals surface area contributed by atoms with E-state index in [1.54, 1.807) is 30.3 Å². The summed E-state index contributed by atoms with van der Waals surface area (Å²) >= 11 is 3.32. The Kier molecular flexibility index (Phi) is 6.85. The van der Waals surface area contributed by atoms with Gasteiger partial charge in [-0.15, -0.1) is 0 Å². The predicted octanol–water partition coefficient (Wildman–Crippen LogP) is 4.57. The van der Waals surface area contributed by atoms with Crippen molar-refractivity contribution in [2.24, 2.45) is 5.92 Å². The maximum absolute atomic E-state index is 12.9. The van der Waals surface area contributed by atoms with Crippen LogP contribution in [-0.4, -0.2) is 27.5 Å². The van der Waals surface area contributed by atoms with Gasteiger partial charge in [-0.25, -0.2) is 8.42 Å². The van der Waals surface area contributed by atoms with Gasteiger partial charge in [-0.05, 0) is 74.1 Å². The molecule has 0 radical (unpaired) electrons. The highest BCUT2D eigenvalue weighted by Gasteiger charge is 2.24. The van der Waals surface area contributed by atoms with E-state index in [9.17, 15) is 13.2 Å². The Morgan fingerprint density at radius 1 is 1.07 bits per heavy atom. The number of hydrogen-bond donors (Lipinski definition) is 2. The Morgan fingerprint density at radius 2 is 1.72 bits per heavy atom. The van der Waals surface area contributed by atoms with Crippen molar-refractivity contribution in [3.63, 3.8) is 0 Å². The van der Waals surface area contributed by atoms with E-state index in [0.717, 1.165) is 30.2 Å². The Labute approximate surface area is 180 Å². The lowest BCUT2D eigenvalue weighted by Gasteiger charge is -2.27. The van der Waals surface area contributed by atoms with Crippen LogP contribution >= 0.6 is 15.9 Å². The molecule has 156 valence electrons. The first-order valence-corrected chi connectivity index (χ1v) is 11.8. The van der Waals surface area contributed by atoms with E-state index in [1.807, 2.05) is 0 Å². The number of amides is 1. The zero-order valence-corrected chi connectivity index (χ0v) is 18.8. The standard InChI is InChI=1S/C21H25BrN2O4S/c1-14-3-8-17(9-4-14)23-21(25)15-5-12-19(28-2)20(13-15)29(26,27)24-18-10-6-16(22)7-11-18/h5-7,10-14,17,24H,3-4,8-9H2,1-2H3,(H,23,25). The molecule has 0 atom stereocenters. The predicted molar refractivity (Wildman–Crippen MR) is 117 cm³/mol. The first kappa shape index (κ1) is 21.6. The third kappa shape index (κ3) is 5.51. The van der Waals surface area contributed by atoms with Gasteiger partial charge in [0.1, 0.15) is 10.6 Å². The average Bonchev–Trinajstić information content (AvgIpc) is 2.70. The number of ether oxygens (including phenoxy) is 1. The Hall–Kier alpha value is -2.06. The summed E-state index contributed by atoms with van der Waals surface area (Å²) in [4.78, 5) is 12.6. The van der Waals surface area contributed by atoms with Crippen LogP contribution in [-0.2, 0) is 10.0 Å². The van der Waals surface area contributed by atoms with Crippen LogP contribution in [0.2, 0.25) is 0 Å². The minimum absolute atomic E-state index is 0.0761. The normalized spacial score (nSPS) is 19.4. The summed E-state index contributed by atoms with van der Waals surface area (Å²) in [5, 5.41) is 3.03. The van der Waals surface area contributed by atoms with Crippen molar-refractivity contribution in [3.05, 3.63) is 52.5 Å². The zero-order valence-electron chi connectivity index (χ0n) is 16.4. The SMILES string of the molecule is COc1ccc(C(=O)NC2CCC(C)CC2)cc1S(=O)(=O)Nc1ccc(Br)cc1.